The van der Waals surface area contributed by atoms with Crippen LogP contribution < -0.4 is 10.5 Å². The molecule has 1 aromatic heterocycles. The highest BCUT2D eigenvalue weighted by Gasteiger charge is 2.08. The van der Waals surface area contributed by atoms with E-state index in [2.05, 4.69) is 15.0 Å². The minimum absolute atomic E-state index is 0.00747. The molecule has 0 aliphatic heterocycles. The zero-order valence-electron chi connectivity index (χ0n) is 9.22. The summed E-state index contributed by atoms with van der Waals surface area (Å²) in [4.78, 5) is 11.9. The van der Waals surface area contributed by atoms with Crippen LogP contribution in [-0.2, 0) is 0 Å². The van der Waals surface area contributed by atoms with Crippen LogP contribution in [0.2, 0.25) is 0 Å². The van der Waals surface area contributed by atoms with E-state index in [1.54, 1.807) is 0 Å². The number of ether oxygens (including phenoxy) is 1. The molecule has 94 valence electrons. The molecule has 0 spiro atoms. The normalized spacial score (nSPS) is 10.4. The van der Waals surface area contributed by atoms with Crippen molar-refractivity contribution in [3.05, 3.63) is 29.8 Å². The molecule has 1 heterocycles. The number of aromatic nitrogens is 3. The lowest BCUT2D eigenvalue weighted by Crippen LogP contribution is -2.01. The second kappa shape index (κ2) is 5.13. The lowest BCUT2D eigenvalue weighted by atomic mass is 10.3. The van der Waals surface area contributed by atoms with Gasteiger partial charge in [0.15, 0.2) is 11.6 Å². The molecular weight excluding hydrogens is 262 g/mol. The average molecular weight is 270 g/mol. The molecule has 0 unspecified atom stereocenters. The van der Waals surface area contributed by atoms with Crippen LogP contribution in [0.1, 0.15) is 0 Å². The number of nitrogens with zero attached hydrogens (tertiary/aromatic N) is 3. The molecule has 1 aromatic carbocycles. The lowest BCUT2D eigenvalue weighted by Gasteiger charge is -2.03. The summed E-state index contributed by atoms with van der Waals surface area (Å²) in [5.41, 5.74) is 5.45. The Morgan fingerprint density at radius 2 is 1.94 bits per heavy atom. The van der Waals surface area contributed by atoms with Crippen LogP contribution in [0.25, 0.3) is 0 Å². The number of hydrogen-bond acceptors (Lipinski definition) is 6. The van der Waals surface area contributed by atoms with Gasteiger partial charge in [0, 0.05) is 4.90 Å². The molecule has 8 heteroatoms. The molecule has 0 aliphatic rings. The summed E-state index contributed by atoms with van der Waals surface area (Å²) < 4.78 is 30.6. The predicted molar refractivity (Wildman–Crippen MR) is 61.3 cm³/mol. The number of nitrogen functional groups attached to an aromatic ring is 1. The molecule has 0 fully saturated rings. The minimum atomic E-state index is -0.936. The van der Waals surface area contributed by atoms with E-state index in [0.29, 0.717) is 4.90 Å². The van der Waals surface area contributed by atoms with Gasteiger partial charge < -0.3 is 10.5 Å². The fourth-order valence-corrected chi connectivity index (χ4v) is 1.91. The molecular formula is C10H8F2N4OS. The first-order valence-electron chi connectivity index (χ1n) is 4.77. The predicted octanol–water partition coefficient (Wildman–Crippen LogP) is 1.89. The standard InChI is InChI=1S/C10H8F2N4OS/c1-17-9-14-8(13)15-10(16-9)18-5-2-3-6(11)7(12)4-5/h2-4H,1H3,(H2,13,14,15,16). The molecule has 0 aliphatic carbocycles. The number of methoxy groups -OCH3 is 1. The Balaban J connectivity index is 2.27. The second-order valence-electron chi connectivity index (χ2n) is 3.14. The Morgan fingerprint density at radius 1 is 1.17 bits per heavy atom. The first-order valence-corrected chi connectivity index (χ1v) is 5.58. The van der Waals surface area contributed by atoms with Gasteiger partial charge in [-0.15, -0.1) is 0 Å². The lowest BCUT2D eigenvalue weighted by molar-refractivity contribution is 0.374. The average Bonchev–Trinajstić information content (AvgIpc) is 2.33. The fourth-order valence-electron chi connectivity index (χ4n) is 1.14. The van der Waals surface area contributed by atoms with Crippen LogP contribution in [0, 0.1) is 11.6 Å². The smallest absolute Gasteiger partial charge is 0.321 e. The van der Waals surface area contributed by atoms with Gasteiger partial charge in [-0.25, -0.2) is 8.78 Å². The van der Waals surface area contributed by atoms with E-state index in [-0.39, 0.29) is 17.1 Å². The summed E-state index contributed by atoms with van der Waals surface area (Å²) in [5, 5.41) is 0.241. The maximum absolute atomic E-state index is 13.0. The summed E-state index contributed by atoms with van der Waals surface area (Å²) in [6.07, 6.45) is 0. The molecule has 2 N–H and O–H groups in total. The Labute approximate surface area is 105 Å². The van der Waals surface area contributed by atoms with Crippen LogP contribution in [0.3, 0.4) is 0 Å². The molecule has 18 heavy (non-hydrogen) atoms. The van der Waals surface area contributed by atoms with Crippen LogP contribution in [-0.4, -0.2) is 22.1 Å². The molecule has 0 bridgehead atoms. The zero-order chi connectivity index (χ0) is 13.1. The highest BCUT2D eigenvalue weighted by atomic mass is 32.2. The topological polar surface area (TPSA) is 73.9 Å². The van der Waals surface area contributed by atoms with Gasteiger partial charge in [-0.3, -0.25) is 0 Å². The highest BCUT2D eigenvalue weighted by molar-refractivity contribution is 7.99. The summed E-state index contributed by atoms with van der Waals surface area (Å²) in [5.74, 6) is -1.85. The summed E-state index contributed by atoms with van der Waals surface area (Å²) in [6, 6.07) is 3.55. The molecule has 0 saturated carbocycles. The van der Waals surface area contributed by atoms with Crippen molar-refractivity contribution in [1.29, 1.82) is 0 Å². The monoisotopic (exact) mass is 270 g/mol. The van der Waals surface area contributed by atoms with Crippen molar-refractivity contribution < 1.29 is 13.5 Å². The van der Waals surface area contributed by atoms with Crippen LogP contribution in [0.4, 0.5) is 14.7 Å². The Hall–Kier alpha value is -1.96. The van der Waals surface area contributed by atoms with Crippen molar-refractivity contribution in [2.75, 3.05) is 12.8 Å². The van der Waals surface area contributed by atoms with Gasteiger partial charge in [0.25, 0.3) is 0 Å². The first-order chi connectivity index (χ1) is 8.58. The summed E-state index contributed by atoms with van der Waals surface area (Å²) in [7, 11) is 1.39. The van der Waals surface area contributed by atoms with Crippen LogP contribution in [0.5, 0.6) is 6.01 Å². The van der Waals surface area contributed by atoms with Gasteiger partial charge in [-0.05, 0) is 30.0 Å². The number of anilines is 1. The van der Waals surface area contributed by atoms with E-state index in [1.165, 1.54) is 13.2 Å². The molecule has 0 amide bonds. The SMILES string of the molecule is COc1nc(N)nc(Sc2ccc(F)c(F)c2)n1. The van der Waals surface area contributed by atoms with Gasteiger partial charge in [0.2, 0.25) is 11.1 Å². The third kappa shape index (κ3) is 2.83. The second-order valence-corrected chi connectivity index (χ2v) is 4.18. The van der Waals surface area contributed by atoms with Crippen molar-refractivity contribution in [1.82, 2.24) is 15.0 Å². The van der Waals surface area contributed by atoms with Gasteiger partial charge >= 0.3 is 6.01 Å². The van der Waals surface area contributed by atoms with Crippen molar-refractivity contribution in [2.45, 2.75) is 10.1 Å². The van der Waals surface area contributed by atoms with E-state index >= 15 is 0 Å². The van der Waals surface area contributed by atoms with E-state index < -0.39 is 11.6 Å². The first kappa shape index (κ1) is 12.5. The number of halogens is 2. The molecule has 0 atom stereocenters. The van der Waals surface area contributed by atoms with E-state index in [9.17, 15) is 8.78 Å². The van der Waals surface area contributed by atoms with Gasteiger partial charge in [0.1, 0.15) is 0 Å². The molecule has 5 nitrogen and oxygen atoms in total. The highest BCUT2D eigenvalue weighted by Crippen LogP contribution is 2.27. The van der Waals surface area contributed by atoms with Crippen molar-refractivity contribution in [2.24, 2.45) is 0 Å². The van der Waals surface area contributed by atoms with Crippen LogP contribution >= 0.6 is 11.8 Å². The quantitative estimate of drug-likeness (QED) is 0.918. The zero-order valence-corrected chi connectivity index (χ0v) is 10.0. The summed E-state index contributed by atoms with van der Waals surface area (Å²) in [6.45, 7) is 0. The minimum Gasteiger partial charge on any atom is -0.467 e. The Kier molecular flexibility index (Phi) is 3.56. The Bertz CT molecular complexity index is 582. The van der Waals surface area contributed by atoms with E-state index in [4.69, 9.17) is 10.5 Å². The fraction of sp³-hybridized carbons (Fsp3) is 0.100. The summed E-state index contributed by atoms with van der Waals surface area (Å²) >= 11 is 1.03. The third-order valence-corrected chi connectivity index (χ3v) is 2.75. The maximum atomic E-state index is 13.0. The largest absolute Gasteiger partial charge is 0.467 e. The molecule has 2 rings (SSSR count). The number of nitrogens with two attached hydrogens (primary N) is 1. The van der Waals surface area contributed by atoms with Crippen LogP contribution in [0.15, 0.2) is 28.3 Å². The van der Waals surface area contributed by atoms with Gasteiger partial charge in [-0.2, -0.15) is 15.0 Å². The molecule has 2 aromatic rings. The number of benzene rings is 1. The maximum Gasteiger partial charge on any atom is 0.321 e. The third-order valence-electron chi connectivity index (χ3n) is 1.89. The van der Waals surface area contributed by atoms with Gasteiger partial charge in [0.05, 0.1) is 7.11 Å². The van der Waals surface area contributed by atoms with Crippen molar-refractivity contribution >= 4 is 17.7 Å². The molecule has 0 radical (unpaired) electrons. The van der Waals surface area contributed by atoms with Crippen molar-refractivity contribution in [3.8, 4) is 6.01 Å². The van der Waals surface area contributed by atoms with E-state index in [1.807, 2.05) is 0 Å². The number of hydrogen-bond donors (Lipinski definition) is 1. The Morgan fingerprint density at radius 3 is 2.61 bits per heavy atom. The molecule has 0 saturated heterocycles. The van der Waals surface area contributed by atoms with Gasteiger partial charge in [-0.1, -0.05) is 0 Å². The van der Waals surface area contributed by atoms with E-state index in [0.717, 1.165) is 23.9 Å². The van der Waals surface area contributed by atoms with Crippen molar-refractivity contribution in [3.63, 3.8) is 0 Å². The number of rotatable bonds is 3.